The van der Waals surface area contributed by atoms with E-state index in [1.807, 2.05) is 0 Å². The van der Waals surface area contributed by atoms with Crippen molar-refractivity contribution in [2.45, 2.75) is 45.1 Å². The van der Waals surface area contributed by atoms with Crippen molar-refractivity contribution < 1.29 is 9.90 Å². The second kappa shape index (κ2) is 5.40. The van der Waals surface area contributed by atoms with E-state index in [-0.39, 0.29) is 23.6 Å². The summed E-state index contributed by atoms with van der Waals surface area (Å²) in [6.45, 7) is 4.66. The van der Waals surface area contributed by atoms with Gasteiger partial charge < -0.3 is 16.2 Å². The van der Waals surface area contributed by atoms with Gasteiger partial charge in [0.05, 0.1) is 11.3 Å². The third-order valence-corrected chi connectivity index (χ3v) is 4.17. The molecule has 5 nitrogen and oxygen atoms in total. The standard InChI is InChI=1S/C15H23N3O2/c1-14(2)5-7-15(20,8-6-14)10-18-13(19)12-11(16)4-3-9-17-12/h3-4,9,20H,5-8,10,16H2,1-2H3,(H,18,19). The molecule has 0 bridgehead atoms. The summed E-state index contributed by atoms with van der Waals surface area (Å²) < 4.78 is 0. The number of carbonyl (C=O) groups is 1. The van der Waals surface area contributed by atoms with E-state index in [9.17, 15) is 9.90 Å². The third-order valence-electron chi connectivity index (χ3n) is 4.17. The Kier molecular flexibility index (Phi) is 3.99. The Labute approximate surface area is 119 Å². The molecule has 1 heterocycles. The van der Waals surface area contributed by atoms with E-state index in [1.165, 1.54) is 6.20 Å². The topological polar surface area (TPSA) is 88.2 Å². The summed E-state index contributed by atoms with van der Waals surface area (Å²) in [4.78, 5) is 16.0. The molecule has 2 rings (SSSR count). The molecule has 5 heteroatoms. The Morgan fingerprint density at radius 1 is 1.40 bits per heavy atom. The van der Waals surface area contributed by atoms with Gasteiger partial charge in [-0.05, 0) is 43.2 Å². The second-order valence-corrected chi connectivity index (χ2v) is 6.51. The first kappa shape index (κ1) is 14.8. The zero-order valence-corrected chi connectivity index (χ0v) is 12.1. The first-order chi connectivity index (χ1) is 9.31. The monoisotopic (exact) mass is 277 g/mol. The van der Waals surface area contributed by atoms with E-state index >= 15 is 0 Å². The quantitative estimate of drug-likeness (QED) is 0.785. The largest absolute Gasteiger partial charge is 0.397 e. The number of nitrogen functional groups attached to an aromatic ring is 1. The summed E-state index contributed by atoms with van der Waals surface area (Å²) in [5, 5.41) is 13.2. The molecule has 0 radical (unpaired) electrons. The van der Waals surface area contributed by atoms with E-state index in [0.717, 1.165) is 12.8 Å². The zero-order chi connectivity index (χ0) is 14.8. The Bertz CT molecular complexity index is 490. The number of hydrogen-bond donors (Lipinski definition) is 3. The van der Waals surface area contributed by atoms with Gasteiger partial charge in [0.25, 0.3) is 5.91 Å². The van der Waals surface area contributed by atoms with Crippen LogP contribution in [0.25, 0.3) is 0 Å². The number of rotatable bonds is 3. The summed E-state index contributed by atoms with van der Waals surface area (Å²) in [7, 11) is 0. The maximum Gasteiger partial charge on any atom is 0.272 e. The predicted octanol–water partition coefficient (Wildman–Crippen LogP) is 1.72. The number of carbonyl (C=O) groups excluding carboxylic acids is 1. The van der Waals surface area contributed by atoms with Crippen LogP contribution in [0.2, 0.25) is 0 Å². The summed E-state index contributed by atoms with van der Waals surface area (Å²) >= 11 is 0. The van der Waals surface area contributed by atoms with Gasteiger partial charge in [-0.15, -0.1) is 0 Å². The minimum atomic E-state index is -0.811. The number of amides is 1. The molecule has 0 atom stereocenters. The number of nitrogens with two attached hydrogens (primary N) is 1. The number of nitrogens with one attached hydrogen (secondary N) is 1. The molecule has 0 aromatic carbocycles. The van der Waals surface area contributed by atoms with E-state index in [0.29, 0.717) is 18.5 Å². The van der Waals surface area contributed by atoms with Gasteiger partial charge in [-0.2, -0.15) is 0 Å². The normalized spacial score (nSPS) is 20.4. The number of nitrogens with zero attached hydrogens (tertiary/aromatic N) is 1. The molecule has 20 heavy (non-hydrogen) atoms. The summed E-state index contributed by atoms with van der Waals surface area (Å²) in [5.41, 5.74) is 5.75. The molecule has 1 fully saturated rings. The molecule has 1 saturated carbocycles. The van der Waals surface area contributed by atoms with Crippen molar-refractivity contribution in [2.24, 2.45) is 5.41 Å². The predicted molar refractivity (Wildman–Crippen MR) is 78.2 cm³/mol. The van der Waals surface area contributed by atoms with Gasteiger partial charge in [0.2, 0.25) is 0 Å². The fraction of sp³-hybridized carbons (Fsp3) is 0.600. The molecule has 1 aliphatic carbocycles. The number of anilines is 1. The van der Waals surface area contributed by atoms with Crippen molar-refractivity contribution in [3.05, 3.63) is 24.0 Å². The molecule has 1 aromatic heterocycles. The summed E-state index contributed by atoms with van der Waals surface area (Å²) in [6, 6.07) is 3.32. The Balaban J connectivity index is 1.92. The summed E-state index contributed by atoms with van der Waals surface area (Å²) in [5.74, 6) is -0.332. The van der Waals surface area contributed by atoms with Gasteiger partial charge in [-0.3, -0.25) is 4.79 Å². The minimum Gasteiger partial charge on any atom is -0.397 e. The van der Waals surface area contributed by atoms with Crippen LogP contribution in [-0.2, 0) is 0 Å². The van der Waals surface area contributed by atoms with Crippen LogP contribution >= 0.6 is 0 Å². The van der Waals surface area contributed by atoms with Gasteiger partial charge in [-0.1, -0.05) is 13.8 Å². The Morgan fingerprint density at radius 3 is 2.65 bits per heavy atom. The average molecular weight is 277 g/mol. The van der Waals surface area contributed by atoms with Gasteiger partial charge in [-0.25, -0.2) is 4.98 Å². The zero-order valence-electron chi connectivity index (χ0n) is 12.1. The molecular formula is C15H23N3O2. The Morgan fingerprint density at radius 2 is 2.05 bits per heavy atom. The van der Waals surface area contributed by atoms with Crippen LogP contribution in [0.5, 0.6) is 0 Å². The van der Waals surface area contributed by atoms with Crippen molar-refractivity contribution in [3.63, 3.8) is 0 Å². The first-order valence-corrected chi connectivity index (χ1v) is 7.02. The van der Waals surface area contributed by atoms with Crippen molar-refractivity contribution in [3.8, 4) is 0 Å². The molecule has 0 aliphatic heterocycles. The average Bonchev–Trinajstić information content (AvgIpc) is 2.41. The van der Waals surface area contributed by atoms with Crippen LogP contribution in [0.4, 0.5) is 5.69 Å². The number of pyridine rings is 1. The number of hydrogen-bond acceptors (Lipinski definition) is 4. The minimum absolute atomic E-state index is 0.215. The molecule has 0 spiro atoms. The van der Waals surface area contributed by atoms with Crippen LogP contribution in [-0.4, -0.2) is 28.1 Å². The van der Waals surface area contributed by atoms with E-state index in [4.69, 9.17) is 5.73 Å². The van der Waals surface area contributed by atoms with Crippen LogP contribution < -0.4 is 11.1 Å². The van der Waals surface area contributed by atoms with E-state index in [2.05, 4.69) is 24.1 Å². The van der Waals surface area contributed by atoms with Gasteiger partial charge >= 0.3 is 0 Å². The van der Waals surface area contributed by atoms with Crippen molar-refractivity contribution in [1.29, 1.82) is 0 Å². The van der Waals surface area contributed by atoms with Gasteiger partial charge in [0, 0.05) is 12.7 Å². The van der Waals surface area contributed by atoms with Crippen LogP contribution in [0.1, 0.15) is 50.0 Å². The van der Waals surface area contributed by atoms with Crippen molar-refractivity contribution in [1.82, 2.24) is 10.3 Å². The fourth-order valence-electron chi connectivity index (χ4n) is 2.50. The van der Waals surface area contributed by atoms with Crippen LogP contribution in [0.15, 0.2) is 18.3 Å². The lowest BCUT2D eigenvalue weighted by molar-refractivity contribution is -0.0233. The molecular weight excluding hydrogens is 254 g/mol. The number of aliphatic hydroxyl groups is 1. The van der Waals surface area contributed by atoms with Crippen molar-refractivity contribution >= 4 is 11.6 Å². The molecule has 4 N–H and O–H groups in total. The number of aromatic nitrogens is 1. The molecule has 110 valence electrons. The lowest BCUT2D eigenvalue weighted by Crippen LogP contribution is -2.46. The molecule has 1 aliphatic rings. The highest BCUT2D eigenvalue weighted by atomic mass is 16.3. The van der Waals surface area contributed by atoms with Crippen molar-refractivity contribution in [2.75, 3.05) is 12.3 Å². The smallest absolute Gasteiger partial charge is 0.272 e. The third kappa shape index (κ3) is 3.48. The van der Waals surface area contributed by atoms with Gasteiger partial charge in [0.1, 0.15) is 0 Å². The maximum atomic E-state index is 12.0. The molecule has 0 unspecified atom stereocenters. The molecule has 1 amide bonds. The van der Waals surface area contributed by atoms with Crippen LogP contribution in [0, 0.1) is 5.41 Å². The maximum absolute atomic E-state index is 12.0. The Hall–Kier alpha value is -1.62. The first-order valence-electron chi connectivity index (χ1n) is 7.02. The fourth-order valence-corrected chi connectivity index (χ4v) is 2.50. The van der Waals surface area contributed by atoms with Crippen LogP contribution in [0.3, 0.4) is 0 Å². The molecule has 0 saturated heterocycles. The van der Waals surface area contributed by atoms with Gasteiger partial charge in [0.15, 0.2) is 5.69 Å². The SMILES string of the molecule is CC1(C)CCC(O)(CNC(=O)c2ncccc2N)CC1. The second-order valence-electron chi connectivity index (χ2n) is 6.51. The summed E-state index contributed by atoms with van der Waals surface area (Å²) in [6.07, 6.45) is 4.87. The highest BCUT2D eigenvalue weighted by Crippen LogP contribution is 2.39. The van der Waals surface area contributed by atoms with E-state index < -0.39 is 5.60 Å². The molecule has 1 aromatic rings. The lowest BCUT2D eigenvalue weighted by atomic mass is 9.71. The van der Waals surface area contributed by atoms with E-state index in [1.54, 1.807) is 12.1 Å². The highest BCUT2D eigenvalue weighted by molar-refractivity contribution is 5.97. The highest BCUT2D eigenvalue weighted by Gasteiger charge is 2.36. The lowest BCUT2D eigenvalue weighted by Gasteiger charge is -2.40.